The maximum Gasteiger partial charge on any atom is 0.387 e. The molecule has 144 valence electrons. The molecule has 1 aliphatic rings. The molecule has 1 saturated heterocycles. The topological polar surface area (TPSA) is 71.8 Å². The summed E-state index contributed by atoms with van der Waals surface area (Å²) in [6, 6.07) is 8.33. The summed E-state index contributed by atoms with van der Waals surface area (Å²) in [6.45, 7) is -0.693. The first-order chi connectivity index (χ1) is 13.0. The number of rotatable bonds is 6. The van der Waals surface area contributed by atoms with E-state index >= 15 is 0 Å². The number of carbonyl (C=O) groups excluding carboxylic acids is 2. The van der Waals surface area contributed by atoms with E-state index in [-0.39, 0.29) is 23.3 Å². The quantitative estimate of drug-likeness (QED) is 0.837. The summed E-state index contributed by atoms with van der Waals surface area (Å²) in [7, 11) is 0. The number of hydrogen-bond donors (Lipinski definition) is 1. The number of ether oxygens (including phenoxy) is 1. The third kappa shape index (κ3) is 4.45. The molecule has 0 unspecified atom stereocenters. The number of nitrogens with zero attached hydrogens (tertiary/aromatic N) is 1. The fourth-order valence-corrected chi connectivity index (χ4v) is 3.18. The van der Waals surface area contributed by atoms with Gasteiger partial charge in [-0.1, -0.05) is 12.1 Å². The lowest BCUT2D eigenvalue weighted by molar-refractivity contribution is -0.125. The molecule has 1 N–H and O–H groups in total. The standard InChI is InChI=1S/C19H20F2N2O4/c1-12(13-5-2-6-14(11-13)27-19(20)21)22-17(24)15-7-3-9-23(15)18(25)16-8-4-10-26-16/h2,4-6,8,10-12,15,19H,3,7,9H2,1H3,(H,22,24)/t12-,15+/m1/s1. The Hall–Kier alpha value is -2.90. The molecule has 1 fully saturated rings. The molecule has 0 aliphatic carbocycles. The fraction of sp³-hybridized carbons (Fsp3) is 0.368. The lowest BCUT2D eigenvalue weighted by Gasteiger charge is -2.25. The first-order valence-corrected chi connectivity index (χ1v) is 8.65. The molecular weight excluding hydrogens is 358 g/mol. The van der Waals surface area contributed by atoms with Gasteiger partial charge in [-0.2, -0.15) is 8.78 Å². The van der Waals surface area contributed by atoms with Gasteiger partial charge in [0, 0.05) is 6.54 Å². The smallest absolute Gasteiger partial charge is 0.387 e. The van der Waals surface area contributed by atoms with E-state index in [2.05, 4.69) is 10.1 Å². The number of halogens is 2. The molecule has 0 radical (unpaired) electrons. The summed E-state index contributed by atoms with van der Waals surface area (Å²) in [6.07, 6.45) is 2.69. The number of hydrogen-bond acceptors (Lipinski definition) is 4. The van der Waals surface area contributed by atoms with Crippen molar-refractivity contribution in [3.63, 3.8) is 0 Å². The Morgan fingerprint density at radius 3 is 2.81 bits per heavy atom. The first kappa shape index (κ1) is 18.9. The third-order valence-corrected chi connectivity index (χ3v) is 4.49. The maximum atomic E-state index is 12.7. The number of amides is 2. The van der Waals surface area contributed by atoms with Crippen LogP contribution in [-0.2, 0) is 4.79 Å². The van der Waals surface area contributed by atoms with Gasteiger partial charge in [0.1, 0.15) is 11.8 Å². The minimum atomic E-state index is -2.91. The van der Waals surface area contributed by atoms with E-state index < -0.39 is 18.7 Å². The molecule has 0 bridgehead atoms. The molecule has 2 amide bonds. The predicted octanol–water partition coefficient (Wildman–Crippen LogP) is 3.36. The van der Waals surface area contributed by atoms with Gasteiger partial charge in [0.05, 0.1) is 12.3 Å². The summed E-state index contributed by atoms with van der Waals surface area (Å²) < 4.78 is 34.3. The van der Waals surface area contributed by atoms with Crippen LogP contribution in [-0.4, -0.2) is 35.9 Å². The van der Waals surface area contributed by atoms with Crippen LogP contribution < -0.4 is 10.1 Å². The predicted molar refractivity (Wildman–Crippen MR) is 92.4 cm³/mol. The van der Waals surface area contributed by atoms with Crippen molar-refractivity contribution in [2.45, 2.75) is 38.5 Å². The van der Waals surface area contributed by atoms with Crippen molar-refractivity contribution in [2.75, 3.05) is 6.54 Å². The van der Waals surface area contributed by atoms with Crippen LogP contribution in [0.25, 0.3) is 0 Å². The van der Waals surface area contributed by atoms with Crippen molar-refractivity contribution in [1.29, 1.82) is 0 Å². The molecule has 27 heavy (non-hydrogen) atoms. The van der Waals surface area contributed by atoms with E-state index in [0.717, 1.165) is 6.42 Å². The number of benzene rings is 1. The highest BCUT2D eigenvalue weighted by atomic mass is 19.3. The van der Waals surface area contributed by atoms with Gasteiger partial charge in [0.15, 0.2) is 5.76 Å². The molecule has 1 aromatic carbocycles. The molecule has 2 heterocycles. The Balaban J connectivity index is 1.66. The van der Waals surface area contributed by atoms with Gasteiger partial charge in [0.2, 0.25) is 5.91 Å². The SMILES string of the molecule is C[C@@H](NC(=O)[C@@H]1CCCN1C(=O)c1ccco1)c1cccc(OC(F)F)c1. The number of alkyl halides is 2. The van der Waals surface area contributed by atoms with Gasteiger partial charge < -0.3 is 19.4 Å². The Morgan fingerprint density at radius 1 is 1.30 bits per heavy atom. The van der Waals surface area contributed by atoms with Crippen LogP contribution in [0.4, 0.5) is 8.78 Å². The van der Waals surface area contributed by atoms with Gasteiger partial charge >= 0.3 is 6.61 Å². The summed E-state index contributed by atoms with van der Waals surface area (Å²) in [4.78, 5) is 26.7. The van der Waals surface area contributed by atoms with E-state index in [0.29, 0.717) is 18.5 Å². The number of nitrogens with one attached hydrogen (secondary N) is 1. The third-order valence-electron chi connectivity index (χ3n) is 4.49. The highest BCUT2D eigenvalue weighted by Gasteiger charge is 2.36. The van der Waals surface area contributed by atoms with Gasteiger partial charge in [-0.15, -0.1) is 0 Å². The van der Waals surface area contributed by atoms with Crippen molar-refractivity contribution in [2.24, 2.45) is 0 Å². The highest BCUT2D eigenvalue weighted by Crippen LogP contribution is 2.24. The van der Waals surface area contributed by atoms with Crippen molar-refractivity contribution >= 4 is 11.8 Å². The second-order valence-electron chi connectivity index (χ2n) is 6.32. The Bertz CT molecular complexity index is 795. The highest BCUT2D eigenvalue weighted by molar-refractivity contribution is 5.96. The Morgan fingerprint density at radius 2 is 2.11 bits per heavy atom. The summed E-state index contributed by atoms with van der Waals surface area (Å²) >= 11 is 0. The first-order valence-electron chi connectivity index (χ1n) is 8.65. The number of carbonyl (C=O) groups is 2. The number of furan rings is 1. The molecule has 2 aromatic rings. The molecule has 0 saturated carbocycles. The molecular formula is C19H20F2N2O4. The lowest BCUT2D eigenvalue weighted by atomic mass is 10.1. The zero-order valence-corrected chi connectivity index (χ0v) is 14.7. The largest absolute Gasteiger partial charge is 0.459 e. The molecule has 0 spiro atoms. The van der Waals surface area contributed by atoms with Crippen LogP contribution in [0.15, 0.2) is 47.1 Å². The van der Waals surface area contributed by atoms with E-state index in [4.69, 9.17) is 4.42 Å². The molecule has 6 nitrogen and oxygen atoms in total. The molecule has 8 heteroatoms. The van der Waals surface area contributed by atoms with Crippen molar-refractivity contribution in [1.82, 2.24) is 10.2 Å². The van der Waals surface area contributed by atoms with Crippen LogP contribution in [0.5, 0.6) is 5.75 Å². The summed E-state index contributed by atoms with van der Waals surface area (Å²) in [5.41, 5.74) is 0.628. The molecule has 2 atom stereocenters. The van der Waals surface area contributed by atoms with Gasteiger partial charge in [-0.05, 0) is 49.6 Å². The Kier molecular flexibility index (Phi) is 5.73. The van der Waals surface area contributed by atoms with Crippen LogP contribution in [0, 0.1) is 0 Å². The van der Waals surface area contributed by atoms with Crippen molar-refractivity contribution < 1.29 is 27.5 Å². The second kappa shape index (κ2) is 8.20. The average molecular weight is 378 g/mol. The van der Waals surface area contributed by atoms with Crippen molar-refractivity contribution in [3.8, 4) is 5.75 Å². The number of likely N-dealkylation sites (tertiary alicyclic amines) is 1. The molecule has 3 rings (SSSR count). The lowest BCUT2D eigenvalue weighted by Crippen LogP contribution is -2.46. The molecule has 1 aromatic heterocycles. The van der Waals surface area contributed by atoms with E-state index in [1.165, 1.54) is 23.3 Å². The van der Waals surface area contributed by atoms with E-state index in [9.17, 15) is 18.4 Å². The average Bonchev–Trinajstić information content (AvgIpc) is 3.32. The zero-order chi connectivity index (χ0) is 19.4. The fourth-order valence-electron chi connectivity index (χ4n) is 3.18. The van der Waals surface area contributed by atoms with Crippen LogP contribution in [0.3, 0.4) is 0 Å². The van der Waals surface area contributed by atoms with E-state index in [1.54, 1.807) is 31.2 Å². The zero-order valence-electron chi connectivity index (χ0n) is 14.7. The second-order valence-corrected chi connectivity index (χ2v) is 6.32. The Labute approximate surface area is 155 Å². The minimum Gasteiger partial charge on any atom is -0.459 e. The van der Waals surface area contributed by atoms with Gasteiger partial charge in [0.25, 0.3) is 5.91 Å². The summed E-state index contributed by atoms with van der Waals surface area (Å²) in [5.74, 6) is -0.392. The van der Waals surface area contributed by atoms with E-state index in [1.807, 2.05) is 0 Å². The van der Waals surface area contributed by atoms with Gasteiger partial charge in [-0.3, -0.25) is 9.59 Å². The van der Waals surface area contributed by atoms with Crippen molar-refractivity contribution in [3.05, 3.63) is 54.0 Å². The normalized spacial score (nSPS) is 17.8. The maximum absolute atomic E-state index is 12.7. The van der Waals surface area contributed by atoms with Gasteiger partial charge in [-0.25, -0.2) is 0 Å². The molecule has 1 aliphatic heterocycles. The monoisotopic (exact) mass is 378 g/mol. The summed E-state index contributed by atoms with van der Waals surface area (Å²) in [5, 5.41) is 2.84. The van der Waals surface area contributed by atoms with Crippen LogP contribution >= 0.6 is 0 Å². The van der Waals surface area contributed by atoms with Crippen LogP contribution in [0.1, 0.15) is 41.9 Å². The minimum absolute atomic E-state index is 0.0269. The van der Waals surface area contributed by atoms with Crippen LogP contribution in [0.2, 0.25) is 0 Å².